The van der Waals surface area contributed by atoms with Crippen molar-refractivity contribution in [1.82, 2.24) is 0 Å². The Hall–Kier alpha value is -0.170. The van der Waals surface area contributed by atoms with Gasteiger partial charge in [-0.3, -0.25) is 0 Å². The van der Waals surface area contributed by atoms with Crippen molar-refractivity contribution in [3.63, 3.8) is 0 Å². The summed E-state index contributed by atoms with van der Waals surface area (Å²) >= 11 is 1.77. The Morgan fingerprint density at radius 3 is 1.85 bits per heavy atom. The highest BCUT2D eigenvalue weighted by atomic mass is 32.2. The molecule has 0 unspecified atom stereocenters. The highest BCUT2D eigenvalue weighted by Crippen LogP contribution is 2.28. The molecule has 0 aliphatic carbocycles. The molecular formula is C12H24S. The van der Waals surface area contributed by atoms with Gasteiger partial charge in [-0.15, -0.1) is 0 Å². The summed E-state index contributed by atoms with van der Waals surface area (Å²) in [5.74, 6) is 0.631. The van der Waals surface area contributed by atoms with E-state index in [1.807, 2.05) is 6.92 Å². The molecule has 0 saturated heterocycles. The molecule has 0 bridgehead atoms. The van der Waals surface area contributed by atoms with Gasteiger partial charge in [0.05, 0.1) is 0 Å². The Morgan fingerprint density at radius 1 is 1.38 bits per heavy atom. The molecule has 0 rings (SSSR count). The van der Waals surface area contributed by atoms with Gasteiger partial charge in [-0.2, -0.15) is 0 Å². The van der Waals surface area contributed by atoms with Crippen molar-refractivity contribution in [2.24, 2.45) is 5.92 Å². The first kappa shape index (κ1) is 15.3. The molecule has 0 spiro atoms. The topological polar surface area (TPSA) is 0 Å². The standard InChI is InChI=1S/C9H16S.C3H8/c1-6-9(7(2)3)10-8(4)5;1-3-2/h6-7H,4H2,1-3,5H3;3H2,1-2H3/b9-6-;. The summed E-state index contributed by atoms with van der Waals surface area (Å²) in [6, 6.07) is 0. The normalized spacial score (nSPS) is 10.8. The molecule has 0 aliphatic rings. The van der Waals surface area contributed by atoms with Crippen LogP contribution in [-0.2, 0) is 0 Å². The van der Waals surface area contributed by atoms with Crippen LogP contribution in [0.25, 0.3) is 0 Å². The number of hydrogen-bond donors (Lipinski definition) is 0. The quantitative estimate of drug-likeness (QED) is 0.601. The first-order chi connectivity index (χ1) is 5.99. The molecule has 0 heterocycles. The van der Waals surface area contributed by atoms with Crippen molar-refractivity contribution in [2.45, 2.75) is 48.0 Å². The van der Waals surface area contributed by atoms with Gasteiger partial charge in [-0.05, 0) is 29.6 Å². The lowest BCUT2D eigenvalue weighted by atomic mass is 10.2. The zero-order valence-corrected chi connectivity index (χ0v) is 10.8. The zero-order valence-electron chi connectivity index (χ0n) is 9.98. The van der Waals surface area contributed by atoms with Crippen LogP contribution in [0.5, 0.6) is 0 Å². The number of thioether (sulfide) groups is 1. The van der Waals surface area contributed by atoms with Gasteiger partial charge in [0, 0.05) is 0 Å². The van der Waals surface area contributed by atoms with Crippen LogP contribution in [0.4, 0.5) is 0 Å². The van der Waals surface area contributed by atoms with Crippen LogP contribution in [0.2, 0.25) is 0 Å². The highest BCUT2D eigenvalue weighted by molar-refractivity contribution is 8.06. The predicted molar refractivity (Wildman–Crippen MR) is 67.0 cm³/mol. The fourth-order valence-corrected chi connectivity index (χ4v) is 1.47. The van der Waals surface area contributed by atoms with Crippen molar-refractivity contribution in [3.8, 4) is 0 Å². The Kier molecular flexibility index (Phi) is 11.7. The molecule has 78 valence electrons. The lowest BCUT2D eigenvalue weighted by molar-refractivity contribution is 0.815. The summed E-state index contributed by atoms with van der Waals surface area (Å²) < 4.78 is 0. The van der Waals surface area contributed by atoms with Gasteiger partial charge in [-0.1, -0.05) is 58.5 Å². The average Bonchev–Trinajstić information content (AvgIpc) is 2.00. The van der Waals surface area contributed by atoms with Crippen molar-refractivity contribution in [1.29, 1.82) is 0 Å². The lowest BCUT2D eigenvalue weighted by Crippen LogP contribution is -1.87. The third-order valence-electron chi connectivity index (χ3n) is 1.15. The van der Waals surface area contributed by atoms with Crippen LogP contribution in [0.1, 0.15) is 48.0 Å². The van der Waals surface area contributed by atoms with E-state index in [-0.39, 0.29) is 0 Å². The smallest absolute Gasteiger partial charge is 0.0123 e. The summed E-state index contributed by atoms with van der Waals surface area (Å²) in [7, 11) is 0. The van der Waals surface area contributed by atoms with E-state index in [0.29, 0.717) is 5.92 Å². The van der Waals surface area contributed by atoms with Gasteiger partial charge in [0.15, 0.2) is 0 Å². The number of allylic oxidation sites excluding steroid dienone is 3. The summed E-state index contributed by atoms with van der Waals surface area (Å²) in [6.07, 6.45) is 3.41. The Bertz CT molecular complexity index is 155. The van der Waals surface area contributed by atoms with E-state index in [9.17, 15) is 0 Å². The van der Waals surface area contributed by atoms with Gasteiger partial charge >= 0.3 is 0 Å². The third-order valence-corrected chi connectivity index (χ3v) is 2.44. The summed E-state index contributed by atoms with van der Waals surface area (Å²) in [5.41, 5.74) is 0. The molecule has 0 aromatic heterocycles. The molecule has 0 aromatic carbocycles. The van der Waals surface area contributed by atoms with E-state index in [2.05, 4.69) is 47.3 Å². The summed E-state index contributed by atoms with van der Waals surface area (Å²) in [6.45, 7) is 16.6. The van der Waals surface area contributed by atoms with Crippen molar-refractivity contribution in [2.75, 3.05) is 0 Å². The zero-order chi connectivity index (χ0) is 10.9. The Morgan fingerprint density at radius 2 is 1.77 bits per heavy atom. The molecule has 13 heavy (non-hydrogen) atoms. The van der Waals surface area contributed by atoms with Crippen LogP contribution in [0, 0.1) is 5.92 Å². The molecule has 0 atom stereocenters. The molecular weight excluding hydrogens is 176 g/mol. The molecule has 0 radical (unpaired) electrons. The fourth-order valence-electron chi connectivity index (χ4n) is 0.711. The van der Waals surface area contributed by atoms with E-state index < -0.39 is 0 Å². The summed E-state index contributed by atoms with van der Waals surface area (Å²) in [4.78, 5) is 2.58. The maximum Gasteiger partial charge on any atom is -0.0123 e. The van der Waals surface area contributed by atoms with Crippen LogP contribution in [-0.4, -0.2) is 0 Å². The third kappa shape index (κ3) is 11.8. The van der Waals surface area contributed by atoms with E-state index >= 15 is 0 Å². The lowest BCUT2D eigenvalue weighted by Gasteiger charge is -2.08. The average molecular weight is 200 g/mol. The second-order valence-electron chi connectivity index (χ2n) is 3.36. The van der Waals surface area contributed by atoms with E-state index in [1.165, 1.54) is 16.2 Å². The molecule has 1 heteroatoms. The minimum Gasteiger partial charge on any atom is -0.1000 e. The molecule has 0 aliphatic heterocycles. The molecule has 0 fully saturated rings. The van der Waals surface area contributed by atoms with Crippen LogP contribution < -0.4 is 0 Å². The molecule has 0 aromatic rings. The number of rotatable bonds is 3. The monoisotopic (exact) mass is 200 g/mol. The van der Waals surface area contributed by atoms with Gasteiger partial charge in [0.25, 0.3) is 0 Å². The highest BCUT2D eigenvalue weighted by Gasteiger charge is 2.01. The largest absolute Gasteiger partial charge is 0.1000 e. The van der Waals surface area contributed by atoms with Gasteiger partial charge in [0.1, 0.15) is 0 Å². The van der Waals surface area contributed by atoms with Crippen molar-refractivity contribution in [3.05, 3.63) is 22.5 Å². The van der Waals surface area contributed by atoms with E-state index in [4.69, 9.17) is 0 Å². The second-order valence-corrected chi connectivity index (χ2v) is 4.73. The Labute approximate surface area is 88.5 Å². The number of hydrogen-bond acceptors (Lipinski definition) is 1. The summed E-state index contributed by atoms with van der Waals surface area (Å²) in [5, 5.41) is 0. The maximum atomic E-state index is 3.85. The van der Waals surface area contributed by atoms with Gasteiger partial charge in [-0.25, -0.2) is 0 Å². The Balaban J connectivity index is 0. The van der Waals surface area contributed by atoms with Gasteiger partial charge < -0.3 is 0 Å². The van der Waals surface area contributed by atoms with Crippen LogP contribution in [0.3, 0.4) is 0 Å². The maximum absolute atomic E-state index is 3.85. The van der Waals surface area contributed by atoms with Crippen LogP contribution in [0.15, 0.2) is 22.5 Å². The first-order valence-corrected chi connectivity index (χ1v) is 5.80. The SMILES string of the molecule is C=C(C)S/C(=C\C)C(C)C.CCC. The minimum absolute atomic E-state index is 0.631. The molecule has 0 N–H and O–H groups in total. The molecule has 0 saturated carbocycles. The molecule has 0 nitrogen and oxygen atoms in total. The fraction of sp³-hybridized carbons (Fsp3) is 0.667. The first-order valence-electron chi connectivity index (χ1n) is 4.99. The van der Waals surface area contributed by atoms with Gasteiger partial charge in [0.2, 0.25) is 0 Å². The predicted octanol–water partition coefficient (Wildman–Crippen LogP) is 5.23. The molecule has 0 amide bonds. The van der Waals surface area contributed by atoms with Crippen molar-refractivity contribution >= 4 is 11.8 Å². The van der Waals surface area contributed by atoms with E-state index in [0.717, 1.165) is 0 Å². The second kappa shape index (κ2) is 9.91. The van der Waals surface area contributed by atoms with E-state index in [1.54, 1.807) is 11.8 Å². The van der Waals surface area contributed by atoms with Crippen molar-refractivity contribution < 1.29 is 0 Å². The van der Waals surface area contributed by atoms with Crippen LogP contribution >= 0.6 is 11.8 Å². The minimum atomic E-state index is 0.631.